The number of hydrogen-bond donors (Lipinski definition) is 1. The highest BCUT2D eigenvalue weighted by atomic mass is 16.5. The van der Waals surface area contributed by atoms with Crippen molar-refractivity contribution in [2.45, 2.75) is 90.8 Å². The Bertz CT molecular complexity index is 584. The number of rotatable bonds is 2. The Morgan fingerprint density at radius 3 is 2.42 bits per heavy atom. The van der Waals surface area contributed by atoms with Crippen LogP contribution in [0.1, 0.15) is 79.1 Å². The van der Waals surface area contributed by atoms with E-state index in [4.69, 9.17) is 4.74 Å². The molecule has 0 saturated heterocycles. The molecule has 0 radical (unpaired) electrons. The van der Waals surface area contributed by atoms with Gasteiger partial charge in [-0.15, -0.1) is 0 Å². The zero-order chi connectivity index (χ0) is 18.9. The lowest BCUT2D eigenvalue weighted by Crippen LogP contribution is -2.60. The lowest BCUT2D eigenvalue weighted by atomic mass is 9.43. The van der Waals surface area contributed by atoms with Gasteiger partial charge in [0.15, 0.2) is 0 Å². The number of carbonyl (C=O) groups excluding carboxylic acids is 1. The van der Waals surface area contributed by atoms with Crippen molar-refractivity contribution in [2.75, 3.05) is 7.11 Å². The van der Waals surface area contributed by atoms with Gasteiger partial charge in [-0.05, 0) is 94.3 Å². The fourth-order valence-electron chi connectivity index (χ4n) is 8.38. The molecule has 4 saturated carbocycles. The van der Waals surface area contributed by atoms with Crippen molar-refractivity contribution >= 4 is 5.78 Å². The van der Waals surface area contributed by atoms with Crippen LogP contribution in [-0.4, -0.2) is 29.7 Å². The quantitative estimate of drug-likeness (QED) is 0.780. The summed E-state index contributed by atoms with van der Waals surface area (Å²) in [5, 5.41) is 10.6. The molecule has 4 rings (SSSR count). The number of carbonyl (C=O) groups is 1. The Kier molecular flexibility index (Phi) is 4.40. The smallest absolute Gasteiger partial charge is 0.133 e. The van der Waals surface area contributed by atoms with E-state index >= 15 is 0 Å². The molecule has 0 spiro atoms. The summed E-state index contributed by atoms with van der Waals surface area (Å²) in [6, 6.07) is 0. The van der Waals surface area contributed by atoms with Crippen LogP contribution in [0.15, 0.2) is 0 Å². The molecule has 0 aliphatic heterocycles. The maximum Gasteiger partial charge on any atom is 0.133 e. The van der Waals surface area contributed by atoms with Crippen molar-refractivity contribution in [1.29, 1.82) is 0 Å². The summed E-state index contributed by atoms with van der Waals surface area (Å²) in [5.41, 5.74) is -0.128. The highest BCUT2D eigenvalue weighted by Crippen LogP contribution is 2.68. The van der Waals surface area contributed by atoms with Crippen molar-refractivity contribution in [3.63, 3.8) is 0 Å². The predicted molar refractivity (Wildman–Crippen MR) is 103 cm³/mol. The van der Waals surface area contributed by atoms with E-state index in [1.165, 1.54) is 19.3 Å². The Labute approximate surface area is 159 Å². The van der Waals surface area contributed by atoms with E-state index in [1.54, 1.807) is 6.92 Å². The van der Waals surface area contributed by atoms with Gasteiger partial charge in [0.25, 0.3) is 0 Å². The van der Waals surface area contributed by atoms with Gasteiger partial charge in [-0.3, -0.25) is 4.79 Å². The zero-order valence-electron chi connectivity index (χ0n) is 17.4. The molecule has 0 amide bonds. The molecule has 148 valence electrons. The first kappa shape index (κ1) is 18.9. The van der Waals surface area contributed by atoms with Gasteiger partial charge in [0.1, 0.15) is 5.78 Å². The van der Waals surface area contributed by atoms with Gasteiger partial charge in [0.2, 0.25) is 0 Å². The summed E-state index contributed by atoms with van der Waals surface area (Å²) < 4.78 is 6.10. The number of fused-ring (bicyclic) bond motifs is 5. The molecule has 9 atom stereocenters. The molecule has 4 aliphatic rings. The van der Waals surface area contributed by atoms with E-state index in [9.17, 15) is 9.90 Å². The number of aliphatic hydroxyl groups is 1. The molecule has 0 bridgehead atoms. The molecule has 4 aliphatic carbocycles. The molecule has 0 unspecified atom stereocenters. The molecule has 0 aromatic rings. The monoisotopic (exact) mass is 362 g/mol. The standard InChI is InChI=1S/C23H38O3/c1-14(24)17-8-9-18-16-7-6-15-13-21(2,25)10-11-22(15,3)19(16)12-20(26-5)23(17,18)4/h15-20,25H,6-13H2,1-5H3/t15-,16-,17-,18-,19-,20-,21+,22-,23+/m0/s1. The first-order valence-electron chi connectivity index (χ1n) is 10.9. The third-order valence-electron chi connectivity index (χ3n) is 9.80. The Morgan fingerprint density at radius 1 is 1.04 bits per heavy atom. The molecule has 0 aromatic heterocycles. The van der Waals surface area contributed by atoms with Crippen LogP contribution in [0.2, 0.25) is 0 Å². The van der Waals surface area contributed by atoms with E-state index in [-0.39, 0.29) is 17.4 Å². The van der Waals surface area contributed by atoms with Crippen molar-refractivity contribution in [3.8, 4) is 0 Å². The van der Waals surface area contributed by atoms with Gasteiger partial charge >= 0.3 is 0 Å². The number of hydrogen-bond acceptors (Lipinski definition) is 3. The highest BCUT2D eigenvalue weighted by Gasteiger charge is 2.64. The number of ketones is 1. The first-order chi connectivity index (χ1) is 12.1. The summed E-state index contributed by atoms with van der Waals surface area (Å²) in [7, 11) is 1.86. The molecular formula is C23H38O3. The zero-order valence-corrected chi connectivity index (χ0v) is 17.4. The van der Waals surface area contributed by atoms with Gasteiger partial charge in [-0.2, -0.15) is 0 Å². The second-order valence-electron chi connectivity index (χ2n) is 10.9. The number of ether oxygens (including phenoxy) is 1. The average Bonchev–Trinajstić information content (AvgIpc) is 2.93. The van der Waals surface area contributed by atoms with E-state index in [1.807, 2.05) is 14.0 Å². The van der Waals surface area contributed by atoms with Crippen LogP contribution in [0.4, 0.5) is 0 Å². The normalized spacial score (nSPS) is 56.4. The fourth-order valence-corrected chi connectivity index (χ4v) is 8.38. The van der Waals surface area contributed by atoms with E-state index in [0.717, 1.165) is 38.0 Å². The number of Topliss-reactive ketones (excluding diaryl/α,β-unsaturated/α-hetero) is 1. The fraction of sp³-hybridized carbons (Fsp3) is 0.957. The minimum absolute atomic E-state index is 0.0190. The van der Waals surface area contributed by atoms with E-state index < -0.39 is 5.60 Å². The SMILES string of the molecule is CO[C@H]1C[C@H]2[C@@H](CC[C@H]3C[C@](C)(O)CC[C@@]32C)[C@@H]2CC[C@@H](C(C)=O)[C@@]12C. The molecule has 1 N–H and O–H groups in total. The molecule has 0 heterocycles. The van der Waals surface area contributed by atoms with Crippen molar-refractivity contribution in [3.05, 3.63) is 0 Å². The minimum atomic E-state index is -0.478. The third kappa shape index (κ3) is 2.49. The second-order valence-corrected chi connectivity index (χ2v) is 10.9. The minimum Gasteiger partial charge on any atom is -0.390 e. The summed E-state index contributed by atoms with van der Waals surface area (Å²) >= 11 is 0. The lowest BCUT2D eigenvalue weighted by molar-refractivity contribution is -0.188. The van der Waals surface area contributed by atoms with Crippen LogP contribution in [-0.2, 0) is 9.53 Å². The van der Waals surface area contributed by atoms with Gasteiger partial charge < -0.3 is 9.84 Å². The maximum atomic E-state index is 12.4. The first-order valence-corrected chi connectivity index (χ1v) is 10.9. The molecule has 0 aromatic carbocycles. The van der Waals surface area contributed by atoms with Gasteiger partial charge in [0.05, 0.1) is 11.7 Å². The van der Waals surface area contributed by atoms with Crippen LogP contribution in [0.25, 0.3) is 0 Å². The summed E-state index contributed by atoms with van der Waals surface area (Å²) in [4.78, 5) is 12.4. The van der Waals surface area contributed by atoms with Gasteiger partial charge in [-0.1, -0.05) is 13.8 Å². The highest BCUT2D eigenvalue weighted by molar-refractivity contribution is 5.79. The Hall–Kier alpha value is -0.410. The van der Waals surface area contributed by atoms with E-state index in [0.29, 0.717) is 29.0 Å². The van der Waals surface area contributed by atoms with Crippen molar-refractivity contribution < 1.29 is 14.6 Å². The second kappa shape index (κ2) is 6.04. The van der Waals surface area contributed by atoms with Crippen molar-refractivity contribution in [2.24, 2.45) is 40.4 Å². The van der Waals surface area contributed by atoms with Crippen LogP contribution in [0.5, 0.6) is 0 Å². The maximum absolute atomic E-state index is 12.4. The van der Waals surface area contributed by atoms with Crippen molar-refractivity contribution in [1.82, 2.24) is 0 Å². The van der Waals surface area contributed by atoms with Crippen LogP contribution in [0.3, 0.4) is 0 Å². The Morgan fingerprint density at radius 2 is 1.77 bits per heavy atom. The lowest BCUT2D eigenvalue weighted by Gasteiger charge is -2.63. The number of methoxy groups -OCH3 is 1. The third-order valence-corrected chi connectivity index (χ3v) is 9.80. The summed E-state index contributed by atoms with van der Waals surface area (Å²) in [5.74, 6) is 3.23. The molecule has 26 heavy (non-hydrogen) atoms. The van der Waals surface area contributed by atoms with Crippen LogP contribution >= 0.6 is 0 Å². The van der Waals surface area contributed by atoms with Gasteiger partial charge in [0, 0.05) is 18.4 Å². The average molecular weight is 363 g/mol. The predicted octanol–water partition coefficient (Wildman–Crippen LogP) is 4.61. The molecule has 4 fully saturated rings. The summed E-state index contributed by atoms with van der Waals surface area (Å²) in [6.45, 7) is 8.69. The molecule has 3 heteroatoms. The Balaban J connectivity index is 1.68. The van der Waals surface area contributed by atoms with Crippen LogP contribution < -0.4 is 0 Å². The summed E-state index contributed by atoms with van der Waals surface area (Å²) in [6.07, 6.45) is 9.11. The van der Waals surface area contributed by atoms with Gasteiger partial charge in [-0.25, -0.2) is 0 Å². The molecule has 3 nitrogen and oxygen atoms in total. The molecular weight excluding hydrogens is 324 g/mol. The largest absolute Gasteiger partial charge is 0.390 e. The van der Waals surface area contributed by atoms with E-state index in [2.05, 4.69) is 13.8 Å². The topological polar surface area (TPSA) is 46.5 Å². The van der Waals surface area contributed by atoms with Crippen LogP contribution in [0, 0.1) is 40.4 Å².